The van der Waals surface area contributed by atoms with E-state index >= 15 is 0 Å². The van der Waals surface area contributed by atoms with Crippen molar-refractivity contribution in [1.29, 1.82) is 0 Å². The van der Waals surface area contributed by atoms with Gasteiger partial charge < -0.3 is 10.0 Å². The highest BCUT2D eigenvalue weighted by Crippen LogP contribution is 2.19. The monoisotopic (exact) mass is 304 g/mol. The lowest BCUT2D eigenvalue weighted by Gasteiger charge is -2.36. The van der Waals surface area contributed by atoms with Gasteiger partial charge in [0.05, 0.1) is 12.6 Å². The van der Waals surface area contributed by atoms with Crippen molar-refractivity contribution < 1.29 is 9.90 Å². The van der Waals surface area contributed by atoms with Crippen molar-refractivity contribution in [2.75, 3.05) is 6.54 Å². The molecule has 1 aromatic carbocycles. The summed E-state index contributed by atoms with van der Waals surface area (Å²) in [4.78, 5) is 14.6. The SMILES string of the molecule is CC(NC(C)c1cccc(CO)c1)C(=O)N1CCCCC1C. The molecule has 0 spiro atoms. The maximum atomic E-state index is 12.6. The average Bonchev–Trinajstić information content (AvgIpc) is 2.54. The highest BCUT2D eigenvalue weighted by molar-refractivity contribution is 5.81. The number of hydrogen-bond acceptors (Lipinski definition) is 3. The van der Waals surface area contributed by atoms with Crippen LogP contribution in [-0.4, -0.2) is 34.5 Å². The molecule has 1 amide bonds. The summed E-state index contributed by atoms with van der Waals surface area (Å²) in [7, 11) is 0. The van der Waals surface area contributed by atoms with Gasteiger partial charge in [-0.3, -0.25) is 10.1 Å². The average molecular weight is 304 g/mol. The number of aliphatic hydroxyl groups is 1. The number of aliphatic hydroxyl groups excluding tert-OH is 1. The van der Waals surface area contributed by atoms with Crippen molar-refractivity contribution in [3.63, 3.8) is 0 Å². The molecule has 0 radical (unpaired) electrons. The molecule has 2 N–H and O–H groups in total. The van der Waals surface area contributed by atoms with Gasteiger partial charge in [0.15, 0.2) is 0 Å². The molecule has 0 saturated carbocycles. The Bertz CT molecular complexity index is 504. The Morgan fingerprint density at radius 2 is 2.18 bits per heavy atom. The number of carbonyl (C=O) groups is 1. The molecule has 1 saturated heterocycles. The Morgan fingerprint density at radius 3 is 2.86 bits per heavy atom. The lowest BCUT2D eigenvalue weighted by Crippen LogP contribution is -2.50. The minimum absolute atomic E-state index is 0.0420. The zero-order valence-corrected chi connectivity index (χ0v) is 13.9. The predicted molar refractivity (Wildman–Crippen MR) is 88.4 cm³/mol. The van der Waals surface area contributed by atoms with E-state index in [1.807, 2.05) is 36.1 Å². The van der Waals surface area contributed by atoms with Gasteiger partial charge in [0.1, 0.15) is 0 Å². The van der Waals surface area contributed by atoms with Crippen LogP contribution in [0.4, 0.5) is 0 Å². The van der Waals surface area contributed by atoms with Gasteiger partial charge in [0, 0.05) is 18.6 Å². The van der Waals surface area contributed by atoms with Gasteiger partial charge in [0.2, 0.25) is 5.91 Å². The van der Waals surface area contributed by atoms with Crippen LogP contribution in [0.1, 0.15) is 57.2 Å². The topological polar surface area (TPSA) is 52.6 Å². The molecular weight excluding hydrogens is 276 g/mol. The summed E-state index contributed by atoms with van der Waals surface area (Å²) in [6.45, 7) is 7.05. The van der Waals surface area contributed by atoms with Crippen LogP contribution in [0.25, 0.3) is 0 Å². The molecule has 1 aliphatic rings. The van der Waals surface area contributed by atoms with E-state index in [2.05, 4.69) is 19.2 Å². The third-order valence-electron chi connectivity index (χ3n) is 4.59. The molecule has 1 heterocycles. The number of benzene rings is 1. The smallest absolute Gasteiger partial charge is 0.239 e. The number of piperidine rings is 1. The largest absolute Gasteiger partial charge is 0.392 e. The molecule has 1 aromatic rings. The quantitative estimate of drug-likeness (QED) is 0.879. The van der Waals surface area contributed by atoms with Gasteiger partial charge in [-0.2, -0.15) is 0 Å². The number of rotatable bonds is 5. The van der Waals surface area contributed by atoms with Crippen molar-refractivity contribution in [1.82, 2.24) is 10.2 Å². The van der Waals surface area contributed by atoms with E-state index in [9.17, 15) is 9.90 Å². The molecule has 22 heavy (non-hydrogen) atoms. The highest BCUT2D eigenvalue weighted by atomic mass is 16.3. The second-order valence-electron chi connectivity index (χ2n) is 6.39. The fourth-order valence-corrected chi connectivity index (χ4v) is 3.18. The number of amides is 1. The van der Waals surface area contributed by atoms with Gasteiger partial charge in [0.25, 0.3) is 0 Å². The van der Waals surface area contributed by atoms with Crippen molar-refractivity contribution in [3.8, 4) is 0 Å². The molecule has 3 atom stereocenters. The third-order valence-corrected chi connectivity index (χ3v) is 4.59. The minimum atomic E-state index is -0.201. The van der Waals surface area contributed by atoms with Crippen LogP contribution in [0.15, 0.2) is 24.3 Å². The summed E-state index contributed by atoms with van der Waals surface area (Å²) in [5, 5.41) is 12.6. The van der Waals surface area contributed by atoms with Gasteiger partial charge in [-0.15, -0.1) is 0 Å². The summed E-state index contributed by atoms with van der Waals surface area (Å²) in [6.07, 6.45) is 3.43. The van der Waals surface area contributed by atoms with Crippen molar-refractivity contribution in [2.45, 2.75) is 64.8 Å². The van der Waals surface area contributed by atoms with E-state index in [0.717, 1.165) is 30.5 Å². The summed E-state index contributed by atoms with van der Waals surface area (Å²) >= 11 is 0. The Kier molecular flexibility index (Phi) is 5.98. The van der Waals surface area contributed by atoms with Crippen molar-refractivity contribution in [3.05, 3.63) is 35.4 Å². The van der Waals surface area contributed by atoms with E-state index in [1.54, 1.807) is 0 Å². The van der Waals surface area contributed by atoms with Crippen LogP contribution in [0.5, 0.6) is 0 Å². The molecular formula is C18H28N2O2. The van der Waals surface area contributed by atoms with Crippen LogP contribution in [0, 0.1) is 0 Å². The summed E-state index contributed by atoms with van der Waals surface area (Å²) in [6, 6.07) is 8.08. The standard InChI is InChI=1S/C18H28N2O2/c1-13-7-4-5-10-20(13)18(22)15(3)19-14(2)17-9-6-8-16(11-17)12-21/h6,8-9,11,13-15,19,21H,4-5,7,10,12H2,1-3H3. The van der Waals surface area contributed by atoms with E-state index in [0.29, 0.717) is 6.04 Å². The van der Waals surface area contributed by atoms with E-state index in [1.165, 1.54) is 6.42 Å². The molecule has 122 valence electrons. The first kappa shape index (κ1) is 17.0. The zero-order chi connectivity index (χ0) is 16.1. The number of likely N-dealkylation sites (tertiary alicyclic amines) is 1. The molecule has 0 aliphatic carbocycles. The zero-order valence-electron chi connectivity index (χ0n) is 13.9. The molecule has 1 fully saturated rings. The van der Waals surface area contributed by atoms with E-state index < -0.39 is 0 Å². The molecule has 0 aromatic heterocycles. The Morgan fingerprint density at radius 1 is 1.41 bits per heavy atom. The number of hydrogen-bond donors (Lipinski definition) is 2. The van der Waals surface area contributed by atoms with Crippen molar-refractivity contribution >= 4 is 5.91 Å². The van der Waals surface area contributed by atoms with E-state index in [-0.39, 0.29) is 24.6 Å². The fourth-order valence-electron chi connectivity index (χ4n) is 3.18. The lowest BCUT2D eigenvalue weighted by molar-refractivity contribution is -0.136. The Balaban J connectivity index is 1.97. The summed E-state index contributed by atoms with van der Waals surface area (Å²) < 4.78 is 0. The predicted octanol–water partition coefficient (Wildman–Crippen LogP) is 2.62. The maximum absolute atomic E-state index is 12.6. The van der Waals surface area contributed by atoms with Gasteiger partial charge in [-0.05, 0) is 51.2 Å². The Hall–Kier alpha value is -1.39. The number of nitrogens with one attached hydrogen (secondary N) is 1. The number of carbonyl (C=O) groups excluding carboxylic acids is 1. The van der Waals surface area contributed by atoms with Gasteiger partial charge in [-0.1, -0.05) is 24.3 Å². The molecule has 3 unspecified atom stereocenters. The van der Waals surface area contributed by atoms with Crippen LogP contribution in [0.2, 0.25) is 0 Å². The fraction of sp³-hybridized carbons (Fsp3) is 0.611. The number of nitrogens with zero attached hydrogens (tertiary/aromatic N) is 1. The first-order chi connectivity index (χ1) is 10.5. The molecule has 4 nitrogen and oxygen atoms in total. The first-order valence-electron chi connectivity index (χ1n) is 8.29. The van der Waals surface area contributed by atoms with Crippen molar-refractivity contribution in [2.24, 2.45) is 0 Å². The molecule has 1 aliphatic heterocycles. The molecule has 0 bridgehead atoms. The summed E-state index contributed by atoms with van der Waals surface area (Å²) in [5.74, 6) is 0.192. The maximum Gasteiger partial charge on any atom is 0.239 e. The minimum Gasteiger partial charge on any atom is -0.392 e. The Labute approximate surface area is 133 Å². The lowest BCUT2D eigenvalue weighted by atomic mass is 10.0. The van der Waals surface area contributed by atoms with Crippen LogP contribution >= 0.6 is 0 Å². The third kappa shape index (κ3) is 4.08. The highest BCUT2D eigenvalue weighted by Gasteiger charge is 2.27. The first-order valence-corrected chi connectivity index (χ1v) is 8.29. The van der Waals surface area contributed by atoms with Crippen LogP contribution in [0.3, 0.4) is 0 Å². The van der Waals surface area contributed by atoms with Crippen LogP contribution in [-0.2, 0) is 11.4 Å². The second-order valence-corrected chi connectivity index (χ2v) is 6.39. The second kappa shape index (κ2) is 7.75. The molecule has 2 rings (SSSR count). The van der Waals surface area contributed by atoms with Gasteiger partial charge >= 0.3 is 0 Å². The normalized spacial score (nSPS) is 21.5. The van der Waals surface area contributed by atoms with Crippen LogP contribution < -0.4 is 5.32 Å². The summed E-state index contributed by atoms with van der Waals surface area (Å²) in [5.41, 5.74) is 1.99. The van der Waals surface area contributed by atoms with E-state index in [4.69, 9.17) is 0 Å². The molecule has 4 heteroatoms. The van der Waals surface area contributed by atoms with Gasteiger partial charge in [-0.25, -0.2) is 0 Å².